The van der Waals surface area contributed by atoms with Crippen LogP contribution in [0.3, 0.4) is 0 Å². The van der Waals surface area contributed by atoms with Gasteiger partial charge < -0.3 is 14.8 Å². The second-order valence-corrected chi connectivity index (χ2v) is 6.89. The number of fused-ring (bicyclic) bond motifs is 1. The molecule has 0 spiro atoms. The number of benzene rings is 3. The van der Waals surface area contributed by atoms with Crippen molar-refractivity contribution in [2.75, 3.05) is 19.5 Å². The molecule has 7 nitrogen and oxygen atoms in total. The number of nitrogens with zero attached hydrogens (tertiary/aromatic N) is 2. The van der Waals surface area contributed by atoms with Crippen molar-refractivity contribution in [1.29, 1.82) is 0 Å². The zero-order valence-electron chi connectivity index (χ0n) is 17.4. The van der Waals surface area contributed by atoms with Crippen LogP contribution >= 0.6 is 0 Å². The summed E-state index contributed by atoms with van der Waals surface area (Å²) in [6, 6.07) is 19.2. The molecule has 0 aliphatic heterocycles. The smallest absolute Gasteiger partial charge is 0.265 e. The summed E-state index contributed by atoms with van der Waals surface area (Å²) >= 11 is 0. The maximum atomic E-state index is 13.1. The molecule has 0 aliphatic carbocycles. The van der Waals surface area contributed by atoms with Gasteiger partial charge >= 0.3 is 0 Å². The summed E-state index contributed by atoms with van der Waals surface area (Å²) in [6.45, 7) is 1.78. The third-order valence-corrected chi connectivity index (χ3v) is 4.97. The normalized spacial score (nSPS) is 10.7. The number of nitrogens with one attached hydrogen (secondary N) is 1. The molecule has 156 valence electrons. The lowest BCUT2D eigenvalue weighted by atomic mass is 10.2. The van der Waals surface area contributed by atoms with Gasteiger partial charge in [0.1, 0.15) is 17.3 Å². The molecule has 4 rings (SSSR count). The van der Waals surface area contributed by atoms with Crippen LogP contribution in [0.25, 0.3) is 16.6 Å². The number of aromatic nitrogens is 2. The first-order valence-corrected chi connectivity index (χ1v) is 9.64. The Kier molecular flexibility index (Phi) is 5.41. The number of hydrogen-bond acceptors (Lipinski definition) is 5. The summed E-state index contributed by atoms with van der Waals surface area (Å²) in [5.74, 6) is 1.27. The molecular weight excluding hydrogens is 394 g/mol. The predicted molar refractivity (Wildman–Crippen MR) is 120 cm³/mol. The van der Waals surface area contributed by atoms with Crippen molar-refractivity contribution in [3.8, 4) is 17.2 Å². The molecule has 7 heteroatoms. The van der Waals surface area contributed by atoms with E-state index >= 15 is 0 Å². The fraction of sp³-hybridized carbons (Fsp3) is 0.125. The maximum absolute atomic E-state index is 13.1. The lowest BCUT2D eigenvalue weighted by Crippen LogP contribution is -2.22. The van der Waals surface area contributed by atoms with Gasteiger partial charge in [0.25, 0.3) is 11.5 Å². The van der Waals surface area contributed by atoms with Crippen LogP contribution in [0.5, 0.6) is 11.5 Å². The Morgan fingerprint density at radius 2 is 1.77 bits per heavy atom. The van der Waals surface area contributed by atoms with Gasteiger partial charge in [-0.2, -0.15) is 0 Å². The highest BCUT2D eigenvalue weighted by Crippen LogP contribution is 2.28. The SMILES string of the molecule is COc1cccc(C(=O)Nc2ccc(-n3c(C)nc4ccccc4c3=O)cc2OC)c1. The molecule has 0 saturated carbocycles. The molecular formula is C24H21N3O4. The number of para-hydroxylation sites is 1. The van der Waals surface area contributed by atoms with Crippen LogP contribution in [-0.2, 0) is 0 Å². The van der Waals surface area contributed by atoms with Gasteiger partial charge in [-0.3, -0.25) is 14.2 Å². The quantitative estimate of drug-likeness (QED) is 0.533. The van der Waals surface area contributed by atoms with E-state index in [9.17, 15) is 9.59 Å². The van der Waals surface area contributed by atoms with E-state index in [1.807, 2.05) is 18.2 Å². The Balaban J connectivity index is 1.71. The van der Waals surface area contributed by atoms with Crippen molar-refractivity contribution in [1.82, 2.24) is 9.55 Å². The first-order valence-electron chi connectivity index (χ1n) is 9.64. The molecule has 0 bridgehead atoms. The third-order valence-electron chi connectivity index (χ3n) is 4.97. The highest BCUT2D eigenvalue weighted by Gasteiger charge is 2.14. The maximum Gasteiger partial charge on any atom is 0.265 e. The highest BCUT2D eigenvalue weighted by molar-refractivity contribution is 6.05. The van der Waals surface area contributed by atoms with Crippen LogP contribution in [0.15, 0.2) is 71.5 Å². The van der Waals surface area contributed by atoms with Crippen LogP contribution < -0.4 is 20.3 Å². The lowest BCUT2D eigenvalue weighted by molar-refractivity contribution is 0.102. The Labute approximate surface area is 178 Å². The molecule has 1 heterocycles. The minimum atomic E-state index is -0.300. The standard InChI is InChI=1S/C24H21N3O4/c1-15-25-20-10-5-4-9-19(20)24(29)27(15)17-11-12-21(22(14-17)31-3)26-23(28)16-7-6-8-18(13-16)30-2/h4-14H,1-3H3,(H,26,28). The van der Waals surface area contributed by atoms with Gasteiger partial charge in [-0.25, -0.2) is 4.98 Å². The number of aryl methyl sites for hydroxylation is 1. The van der Waals surface area contributed by atoms with Gasteiger partial charge in [0.2, 0.25) is 0 Å². The number of anilines is 1. The molecule has 0 aliphatic rings. The fourth-order valence-corrected chi connectivity index (χ4v) is 3.43. The zero-order valence-corrected chi connectivity index (χ0v) is 17.4. The molecule has 1 amide bonds. The van der Waals surface area contributed by atoms with E-state index < -0.39 is 0 Å². The highest BCUT2D eigenvalue weighted by atomic mass is 16.5. The molecule has 3 aromatic carbocycles. The Morgan fingerprint density at radius 3 is 2.55 bits per heavy atom. The first-order chi connectivity index (χ1) is 15.0. The number of ether oxygens (including phenoxy) is 2. The number of rotatable bonds is 5. The van der Waals surface area contributed by atoms with Crippen molar-refractivity contribution in [2.24, 2.45) is 0 Å². The minimum absolute atomic E-state index is 0.168. The average molecular weight is 415 g/mol. The van der Waals surface area contributed by atoms with Gasteiger partial charge in [-0.15, -0.1) is 0 Å². The third kappa shape index (κ3) is 3.85. The van der Waals surface area contributed by atoms with Gasteiger partial charge in [0.15, 0.2) is 0 Å². The Hall–Kier alpha value is -4.13. The van der Waals surface area contributed by atoms with E-state index in [2.05, 4.69) is 10.3 Å². The van der Waals surface area contributed by atoms with Crippen molar-refractivity contribution >= 4 is 22.5 Å². The zero-order chi connectivity index (χ0) is 22.0. The Morgan fingerprint density at radius 1 is 0.968 bits per heavy atom. The van der Waals surface area contributed by atoms with Gasteiger partial charge in [0, 0.05) is 11.6 Å². The van der Waals surface area contributed by atoms with Gasteiger partial charge in [-0.05, 0) is 49.4 Å². The minimum Gasteiger partial charge on any atom is -0.497 e. The molecule has 31 heavy (non-hydrogen) atoms. The summed E-state index contributed by atoms with van der Waals surface area (Å²) in [4.78, 5) is 30.3. The lowest BCUT2D eigenvalue weighted by Gasteiger charge is -2.15. The van der Waals surface area contributed by atoms with E-state index in [1.165, 1.54) is 11.7 Å². The van der Waals surface area contributed by atoms with E-state index in [0.717, 1.165) is 0 Å². The Bertz CT molecular complexity index is 1340. The van der Waals surface area contributed by atoms with Crippen LogP contribution in [-0.4, -0.2) is 29.7 Å². The molecule has 1 aromatic heterocycles. The van der Waals surface area contributed by atoms with E-state index in [1.54, 1.807) is 62.6 Å². The topological polar surface area (TPSA) is 82.5 Å². The molecule has 0 unspecified atom stereocenters. The summed E-state index contributed by atoms with van der Waals surface area (Å²) in [5, 5.41) is 3.37. The fourth-order valence-electron chi connectivity index (χ4n) is 3.43. The molecule has 0 radical (unpaired) electrons. The van der Waals surface area contributed by atoms with Crippen molar-refractivity contribution in [3.05, 3.63) is 88.5 Å². The van der Waals surface area contributed by atoms with Gasteiger partial charge in [-0.1, -0.05) is 18.2 Å². The van der Waals surface area contributed by atoms with E-state index in [-0.39, 0.29) is 11.5 Å². The summed E-state index contributed by atoms with van der Waals surface area (Å²) in [6.07, 6.45) is 0. The van der Waals surface area contributed by atoms with Gasteiger partial charge in [0.05, 0.1) is 36.5 Å². The number of carbonyl (C=O) groups excluding carboxylic acids is 1. The number of amides is 1. The largest absolute Gasteiger partial charge is 0.497 e. The van der Waals surface area contributed by atoms with E-state index in [0.29, 0.717) is 45.2 Å². The summed E-state index contributed by atoms with van der Waals surface area (Å²) in [5.41, 5.74) is 2.01. The van der Waals surface area contributed by atoms with E-state index in [4.69, 9.17) is 9.47 Å². The second-order valence-electron chi connectivity index (χ2n) is 6.89. The number of methoxy groups -OCH3 is 2. The van der Waals surface area contributed by atoms with Crippen LogP contribution in [0.1, 0.15) is 16.2 Å². The molecule has 4 aromatic rings. The first kappa shape index (κ1) is 20.2. The molecule has 1 N–H and O–H groups in total. The van der Waals surface area contributed by atoms with Crippen molar-refractivity contribution in [3.63, 3.8) is 0 Å². The molecule has 0 fully saturated rings. The summed E-state index contributed by atoms with van der Waals surface area (Å²) < 4.78 is 12.2. The van der Waals surface area contributed by atoms with Crippen LogP contribution in [0.4, 0.5) is 5.69 Å². The molecule has 0 saturated heterocycles. The average Bonchev–Trinajstić information content (AvgIpc) is 2.79. The number of carbonyl (C=O) groups is 1. The second kappa shape index (κ2) is 8.31. The summed E-state index contributed by atoms with van der Waals surface area (Å²) in [7, 11) is 3.05. The van der Waals surface area contributed by atoms with Crippen LogP contribution in [0, 0.1) is 6.92 Å². The predicted octanol–water partition coefficient (Wildman–Crippen LogP) is 3.96. The van der Waals surface area contributed by atoms with Crippen molar-refractivity contribution < 1.29 is 14.3 Å². The number of hydrogen-bond donors (Lipinski definition) is 1. The monoisotopic (exact) mass is 415 g/mol. The van der Waals surface area contributed by atoms with Crippen molar-refractivity contribution in [2.45, 2.75) is 6.92 Å². The molecule has 0 atom stereocenters. The van der Waals surface area contributed by atoms with Crippen LogP contribution in [0.2, 0.25) is 0 Å².